The van der Waals surface area contributed by atoms with Crippen molar-refractivity contribution >= 4 is 10.8 Å². The largest absolute Gasteiger partial charge is 0.319 e. The Labute approximate surface area is 112 Å². The van der Waals surface area contributed by atoms with Crippen molar-refractivity contribution in [2.24, 2.45) is 12.8 Å². The van der Waals surface area contributed by atoms with Crippen LogP contribution in [0.4, 0.5) is 0 Å². The van der Waals surface area contributed by atoms with Crippen LogP contribution in [-0.4, -0.2) is 9.78 Å². The molecule has 1 heterocycles. The zero-order valence-electron chi connectivity index (χ0n) is 11.2. The van der Waals surface area contributed by atoms with E-state index in [1.54, 1.807) is 0 Å². The molecule has 1 atom stereocenters. The predicted molar refractivity (Wildman–Crippen MR) is 77.9 cm³/mol. The third-order valence-corrected chi connectivity index (χ3v) is 3.52. The lowest BCUT2D eigenvalue weighted by Crippen LogP contribution is -2.16. The lowest BCUT2D eigenvalue weighted by atomic mass is 9.97. The zero-order chi connectivity index (χ0) is 13.4. The van der Waals surface area contributed by atoms with Crippen LogP contribution in [0.5, 0.6) is 0 Å². The van der Waals surface area contributed by atoms with Crippen molar-refractivity contribution < 1.29 is 0 Å². The SMILES string of the molecule is Cc1cc(C(N)c2cccc3ccccc23)n(C)n1. The molecule has 0 fully saturated rings. The second-order valence-electron chi connectivity index (χ2n) is 4.88. The van der Waals surface area contributed by atoms with Gasteiger partial charge in [-0.2, -0.15) is 5.10 Å². The average molecular weight is 251 g/mol. The van der Waals surface area contributed by atoms with Crippen molar-refractivity contribution in [2.45, 2.75) is 13.0 Å². The zero-order valence-corrected chi connectivity index (χ0v) is 11.2. The Morgan fingerprint density at radius 3 is 2.58 bits per heavy atom. The van der Waals surface area contributed by atoms with Gasteiger partial charge in [0.1, 0.15) is 0 Å². The summed E-state index contributed by atoms with van der Waals surface area (Å²) in [6.45, 7) is 1.99. The second kappa shape index (κ2) is 4.52. The van der Waals surface area contributed by atoms with Gasteiger partial charge in [-0.05, 0) is 29.3 Å². The standard InChI is InChI=1S/C16H17N3/c1-11-10-15(19(2)18-11)16(17)14-9-5-7-12-6-3-4-8-13(12)14/h3-10,16H,17H2,1-2H3. The lowest BCUT2D eigenvalue weighted by Gasteiger charge is -2.15. The Balaban J connectivity index is 2.16. The lowest BCUT2D eigenvalue weighted by molar-refractivity contribution is 0.671. The Hall–Kier alpha value is -2.13. The highest BCUT2D eigenvalue weighted by atomic mass is 15.3. The first kappa shape index (κ1) is 11.9. The molecule has 96 valence electrons. The number of aryl methyl sites for hydroxylation is 2. The van der Waals surface area contributed by atoms with E-state index < -0.39 is 0 Å². The van der Waals surface area contributed by atoms with Gasteiger partial charge in [0.2, 0.25) is 0 Å². The third kappa shape index (κ3) is 2.02. The van der Waals surface area contributed by atoms with E-state index in [0.717, 1.165) is 17.0 Å². The number of nitrogens with two attached hydrogens (primary N) is 1. The van der Waals surface area contributed by atoms with Crippen LogP contribution in [0.2, 0.25) is 0 Å². The molecule has 0 bridgehead atoms. The fourth-order valence-corrected chi connectivity index (χ4v) is 2.60. The van der Waals surface area contributed by atoms with E-state index in [2.05, 4.69) is 35.4 Å². The maximum Gasteiger partial charge on any atom is 0.0729 e. The van der Waals surface area contributed by atoms with Gasteiger partial charge in [0.25, 0.3) is 0 Å². The molecule has 19 heavy (non-hydrogen) atoms. The summed E-state index contributed by atoms with van der Waals surface area (Å²) in [5.74, 6) is 0. The first-order valence-corrected chi connectivity index (χ1v) is 6.40. The molecule has 0 spiro atoms. The quantitative estimate of drug-likeness (QED) is 0.761. The van der Waals surface area contributed by atoms with E-state index in [1.807, 2.05) is 36.9 Å². The molecule has 2 aromatic carbocycles. The van der Waals surface area contributed by atoms with Crippen LogP contribution >= 0.6 is 0 Å². The smallest absolute Gasteiger partial charge is 0.0729 e. The number of aromatic nitrogens is 2. The van der Waals surface area contributed by atoms with Gasteiger partial charge in [0.05, 0.1) is 17.4 Å². The molecule has 1 unspecified atom stereocenters. The van der Waals surface area contributed by atoms with Crippen molar-refractivity contribution in [3.05, 3.63) is 65.5 Å². The normalized spacial score (nSPS) is 12.8. The monoisotopic (exact) mass is 251 g/mol. The molecule has 0 aliphatic rings. The predicted octanol–water partition coefficient (Wildman–Crippen LogP) is 2.93. The molecule has 3 aromatic rings. The molecule has 3 nitrogen and oxygen atoms in total. The summed E-state index contributed by atoms with van der Waals surface area (Å²) in [5.41, 5.74) is 9.61. The van der Waals surface area contributed by atoms with E-state index in [1.165, 1.54) is 10.8 Å². The van der Waals surface area contributed by atoms with Gasteiger partial charge in [-0.3, -0.25) is 4.68 Å². The summed E-state index contributed by atoms with van der Waals surface area (Å²) in [4.78, 5) is 0. The van der Waals surface area contributed by atoms with Crippen LogP contribution < -0.4 is 5.73 Å². The first-order chi connectivity index (χ1) is 9.16. The molecule has 0 aliphatic heterocycles. The molecule has 3 heteroatoms. The average Bonchev–Trinajstić information content (AvgIpc) is 2.76. The van der Waals surface area contributed by atoms with Gasteiger partial charge in [-0.25, -0.2) is 0 Å². The molecule has 0 saturated carbocycles. The molecular formula is C16H17N3. The fraction of sp³-hybridized carbons (Fsp3) is 0.188. The van der Waals surface area contributed by atoms with Crippen molar-refractivity contribution in [1.29, 1.82) is 0 Å². The summed E-state index contributed by atoms with van der Waals surface area (Å²) < 4.78 is 1.86. The summed E-state index contributed by atoms with van der Waals surface area (Å²) in [6, 6.07) is 16.5. The molecule has 2 N–H and O–H groups in total. The highest BCUT2D eigenvalue weighted by molar-refractivity contribution is 5.86. The Kier molecular flexibility index (Phi) is 2.84. The Morgan fingerprint density at radius 2 is 1.84 bits per heavy atom. The van der Waals surface area contributed by atoms with Crippen LogP contribution in [0.1, 0.15) is 23.0 Å². The van der Waals surface area contributed by atoms with E-state index in [9.17, 15) is 0 Å². The third-order valence-electron chi connectivity index (χ3n) is 3.52. The van der Waals surface area contributed by atoms with E-state index in [4.69, 9.17) is 5.73 Å². The van der Waals surface area contributed by atoms with Crippen molar-refractivity contribution in [3.8, 4) is 0 Å². The van der Waals surface area contributed by atoms with Crippen molar-refractivity contribution in [2.75, 3.05) is 0 Å². The minimum absolute atomic E-state index is 0.155. The highest BCUT2D eigenvalue weighted by Crippen LogP contribution is 2.27. The number of nitrogens with zero attached hydrogens (tertiary/aromatic N) is 2. The Bertz CT molecular complexity index is 722. The Morgan fingerprint density at radius 1 is 1.11 bits per heavy atom. The minimum atomic E-state index is -0.155. The maximum atomic E-state index is 6.44. The van der Waals surface area contributed by atoms with Gasteiger partial charge in [-0.1, -0.05) is 42.5 Å². The van der Waals surface area contributed by atoms with Crippen LogP contribution in [0, 0.1) is 6.92 Å². The topological polar surface area (TPSA) is 43.8 Å². The fourth-order valence-electron chi connectivity index (χ4n) is 2.60. The molecule has 0 amide bonds. The maximum absolute atomic E-state index is 6.44. The van der Waals surface area contributed by atoms with Gasteiger partial charge in [0.15, 0.2) is 0 Å². The number of fused-ring (bicyclic) bond motifs is 1. The van der Waals surface area contributed by atoms with Crippen LogP contribution in [-0.2, 0) is 7.05 Å². The van der Waals surface area contributed by atoms with Crippen LogP contribution in [0.25, 0.3) is 10.8 Å². The first-order valence-electron chi connectivity index (χ1n) is 6.40. The number of hydrogen-bond acceptors (Lipinski definition) is 2. The van der Waals surface area contributed by atoms with E-state index in [0.29, 0.717) is 0 Å². The number of hydrogen-bond donors (Lipinski definition) is 1. The van der Waals surface area contributed by atoms with Gasteiger partial charge in [-0.15, -0.1) is 0 Å². The van der Waals surface area contributed by atoms with Gasteiger partial charge >= 0.3 is 0 Å². The summed E-state index contributed by atoms with van der Waals surface area (Å²) >= 11 is 0. The molecule has 1 aromatic heterocycles. The summed E-state index contributed by atoms with van der Waals surface area (Å²) in [6.07, 6.45) is 0. The molecular weight excluding hydrogens is 234 g/mol. The molecule has 0 radical (unpaired) electrons. The highest BCUT2D eigenvalue weighted by Gasteiger charge is 2.15. The number of rotatable bonds is 2. The van der Waals surface area contributed by atoms with Crippen LogP contribution in [0.3, 0.4) is 0 Å². The summed E-state index contributed by atoms with van der Waals surface area (Å²) in [5, 5.41) is 6.80. The van der Waals surface area contributed by atoms with E-state index in [-0.39, 0.29) is 6.04 Å². The second-order valence-corrected chi connectivity index (χ2v) is 4.88. The van der Waals surface area contributed by atoms with Gasteiger partial charge < -0.3 is 5.73 Å². The number of benzene rings is 2. The molecule has 3 rings (SSSR count). The minimum Gasteiger partial charge on any atom is -0.319 e. The van der Waals surface area contributed by atoms with E-state index >= 15 is 0 Å². The molecule has 0 saturated heterocycles. The van der Waals surface area contributed by atoms with Crippen LogP contribution in [0.15, 0.2) is 48.5 Å². The van der Waals surface area contributed by atoms with Gasteiger partial charge in [0, 0.05) is 7.05 Å². The van der Waals surface area contributed by atoms with Crippen molar-refractivity contribution in [1.82, 2.24) is 9.78 Å². The van der Waals surface area contributed by atoms with Crippen molar-refractivity contribution in [3.63, 3.8) is 0 Å². The molecule has 0 aliphatic carbocycles. The summed E-state index contributed by atoms with van der Waals surface area (Å²) in [7, 11) is 1.94.